The summed E-state index contributed by atoms with van der Waals surface area (Å²) in [5.74, 6) is -0.693. The van der Waals surface area contributed by atoms with Gasteiger partial charge in [0.1, 0.15) is 5.82 Å². The van der Waals surface area contributed by atoms with Crippen LogP contribution in [0.4, 0.5) is 15.8 Å². The minimum Gasteiger partial charge on any atom is -0.324 e. The number of hydrogen-bond donors (Lipinski definition) is 2. The first-order valence-electron chi connectivity index (χ1n) is 8.09. The normalized spacial score (nSPS) is 13.2. The van der Waals surface area contributed by atoms with E-state index in [0.29, 0.717) is 37.1 Å². The van der Waals surface area contributed by atoms with Gasteiger partial charge in [-0.15, -0.1) is 0 Å². The number of nitro groups is 1. The van der Waals surface area contributed by atoms with Crippen molar-refractivity contribution in [1.82, 2.24) is 5.32 Å². The van der Waals surface area contributed by atoms with Crippen molar-refractivity contribution in [2.45, 2.75) is 25.8 Å². The number of rotatable bonds is 5. The minimum atomic E-state index is -0.471. The van der Waals surface area contributed by atoms with E-state index in [-0.39, 0.29) is 29.5 Å². The molecule has 0 atom stereocenters. The summed E-state index contributed by atoms with van der Waals surface area (Å²) in [6, 6.07) is 9.56. The van der Waals surface area contributed by atoms with Crippen molar-refractivity contribution in [1.29, 1.82) is 0 Å². The zero-order valence-electron chi connectivity index (χ0n) is 13.5. The molecule has 1 aliphatic rings. The maximum absolute atomic E-state index is 14.5. The van der Waals surface area contributed by atoms with Crippen molar-refractivity contribution in [2.75, 3.05) is 11.9 Å². The Bertz CT molecular complexity index is 823. The highest BCUT2D eigenvalue weighted by Gasteiger charge is 2.17. The Hall–Kier alpha value is -2.80. The Labute approximate surface area is 144 Å². The number of hydrogen-bond acceptors (Lipinski definition) is 4. The summed E-state index contributed by atoms with van der Waals surface area (Å²) < 4.78 is 14.5. The molecule has 0 aliphatic carbocycles. The van der Waals surface area contributed by atoms with Crippen LogP contribution in [-0.4, -0.2) is 17.4 Å². The Morgan fingerprint density at radius 1 is 1.32 bits per heavy atom. The van der Waals surface area contributed by atoms with Crippen molar-refractivity contribution in [2.24, 2.45) is 0 Å². The third-order valence-corrected chi connectivity index (χ3v) is 4.24. The monoisotopic (exact) mass is 343 g/mol. The number of carbonyl (C=O) groups is 1. The van der Waals surface area contributed by atoms with Crippen LogP contribution in [-0.2, 0) is 24.2 Å². The fourth-order valence-electron chi connectivity index (χ4n) is 2.93. The molecular weight excluding hydrogens is 325 g/mol. The van der Waals surface area contributed by atoms with E-state index in [1.807, 2.05) is 6.07 Å². The Morgan fingerprint density at radius 2 is 2.16 bits per heavy atom. The molecule has 0 saturated carbocycles. The smallest absolute Gasteiger partial charge is 0.269 e. The van der Waals surface area contributed by atoms with Gasteiger partial charge >= 0.3 is 0 Å². The number of fused-ring (bicyclic) bond motifs is 1. The molecular formula is C18H18FN3O3. The van der Waals surface area contributed by atoms with E-state index in [0.717, 1.165) is 5.56 Å². The number of anilines is 1. The Balaban J connectivity index is 1.63. The van der Waals surface area contributed by atoms with Gasteiger partial charge in [0.2, 0.25) is 5.91 Å². The van der Waals surface area contributed by atoms with E-state index in [1.54, 1.807) is 18.2 Å². The standard InChI is InChI=1S/C18H18FN3O3/c19-18-15-8-9-20-11-13(15)5-6-16(18)21-17(23)7-4-12-2-1-3-14(10-12)22(24)25/h1-3,5-6,10,20H,4,7-9,11H2,(H,21,23). The van der Waals surface area contributed by atoms with Gasteiger partial charge in [-0.3, -0.25) is 14.9 Å². The average Bonchev–Trinajstić information content (AvgIpc) is 2.63. The summed E-state index contributed by atoms with van der Waals surface area (Å²) in [5.41, 5.74) is 2.44. The fourth-order valence-corrected chi connectivity index (χ4v) is 2.93. The molecule has 0 saturated heterocycles. The van der Waals surface area contributed by atoms with Gasteiger partial charge in [-0.1, -0.05) is 18.2 Å². The molecule has 0 bridgehead atoms. The van der Waals surface area contributed by atoms with Gasteiger partial charge in [-0.25, -0.2) is 4.39 Å². The molecule has 25 heavy (non-hydrogen) atoms. The second-order valence-corrected chi connectivity index (χ2v) is 5.97. The molecule has 0 aromatic heterocycles. The molecule has 2 N–H and O–H groups in total. The topological polar surface area (TPSA) is 84.3 Å². The second-order valence-electron chi connectivity index (χ2n) is 5.97. The van der Waals surface area contributed by atoms with E-state index in [2.05, 4.69) is 10.6 Å². The highest BCUT2D eigenvalue weighted by Crippen LogP contribution is 2.24. The first kappa shape index (κ1) is 17.0. The summed E-state index contributed by atoms with van der Waals surface area (Å²) in [7, 11) is 0. The summed E-state index contributed by atoms with van der Waals surface area (Å²) in [4.78, 5) is 22.4. The van der Waals surface area contributed by atoms with Crippen LogP contribution in [0.15, 0.2) is 36.4 Å². The summed E-state index contributed by atoms with van der Waals surface area (Å²) in [6.45, 7) is 1.35. The van der Waals surface area contributed by atoms with Crippen molar-refractivity contribution in [3.05, 3.63) is 69.0 Å². The van der Waals surface area contributed by atoms with Gasteiger partial charge < -0.3 is 10.6 Å². The lowest BCUT2D eigenvalue weighted by molar-refractivity contribution is -0.384. The maximum Gasteiger partial charge on any atom is 0.269 e. The van der Waals surface area contributed by atoms with E-state index in [4.69, 9.17) is 0 Å². The molecule has 6 nitrogen and oxygen atoms in total. The van der Waals surface area contributed by atoms with Crippen LogP contribution in [0.1, 0.15) is 23.1 Å². The lowest BCUT2D eigenvalue weighted by atomic mass is 9.99. The molecule has 1 aliphatic heterocycles. The van der Waals surface area contributed by atoms with Crippen LogP contribution >= 0.6 is 0 Å². The van der Waals surface area contributed by atoms with Crippen molar-refractivity contribution >= 4 is 17.3 Å². The molecule has 0 fully saturated rings. The fraction of sp³-hybridized carbons (Fsp3) is 0.278. The van der Waals surface area contributed by atoms with Gasteiger partial charge in [0.25, 0.3) is 5.69 Å². The van der Waals surface area contributed by atoms with Crippen LogP contribution < -0.4 is 10.6 Å². The van der Waals surface area contributed by atoms with Gasteiger partial charge in [-0.05, 0) is 42.1 Å². The summed E-state index contributed by atoms with van der Waals surface area (Å²) in [6.07, 6.45) is 1.07. The number of aryl methyl sites for hydroxylation is 1. The van der Waals surface area contributed by atoms with Crippen LogP contribution in [0.3, 0.4) is 0 Å². The molecule has 0 radical (unpaired) electrons. The number of nitro benzene ring substituents is 1. The SMILES string of the molecule is O=C(CCc1cccc([N+](=O)[O-])c1)Nc1ccc2c(c1F)CCNC2. The number of nitrogens with one attached hydrogen (secondary N) is 2. The molecule has 0 spiro atoms. The van der Waals surface area contributed by atoms with Gasteiger partial charge in [0, 0.05) is 25.1 Å². The first-order chi connectivity index (χ1) is 12.0. The quantitative estimate of drug-likeness (QED) is 0.646. The number of benzene rings is 2. The van der Waals surface area contributed by atoms with E-state index < -0.39 is 4.92 Å². The van der Waals surface area contributed by atoms with Crippen LogP contribution in [0.25, 0.3) is 0 Å². The third kappa shape index (κ3) is 4.00. The average molecular weight is 343 g/mol. The molecule has 0 unspecified atom stereocenters. The van der Waals surface area contributed by atoms with E-state index in [9.17, 15) is 19.3 Å². The van der Waals surface area contributed by atoms with E-state index >= 15 is 0 Å². The molecule has 2 aromatic rings. The predicted octanol–water partition coefficient (Wildman–Crippen LogP) is 2.95. The number of nitrogens with zero attached hydrogens (tertiary/aromatic N) is 1. The van der Waals surface area contributed by atoms with Gasteiger partial charge in [0.15, 0.2) is 0 Å². The highest BCUT2D eigenvalue weighted by atomic mass is 19.1. The maximum atomic E-state index is 14.5. The summed E-state index contributed by atoms with van der Waals surface area (Å²) in [5, 5.41) is 16.5. The van der Waals surface area contributed by atoms with Gasteiger partial charge in [-0.2, -0.15) is 0 Å². The van der Waals surface area contributed by atoms with Crippen LogP contribution in [0.2, 0.25) is 0 Å². The number of carbonyl (C=O) groups excluding carboxylic acids is 1. The molecule has 3 rings (SSSR count). The molecule has 7 heteroatoms. The minimum absolute atomic E-state index is 0.00718. The van der Waals surface area contributed by atoms with Crippen molar-refractivity contribution in [3.8, 4) is 0 Å². The largest absolute Gasteiger partial charge is 0.324 e. The molecule has 2 aromatic carbocycles. The molecule has 130 valence electrons. The lowest BCUT2D eigenvalue weighted by Gasteiger charge is -2.19. The van der Waals surface area contributed by atoms with Gasteiger partial charge in [0.05, 0.1) is 10.6 Å². The van der Waals surface area contributed by atoms with E-state index in [1.165, 1.54) is 12.1 Å². The van der Waals surface area contributed by atoms with Crippen LogP contribution in [0, 0.1) is 15.9 Å². The highest BCUT2D eigenvalue weighted by molar-refractivity contribution is 5.91. The number of halogens is 1. The zero-order chi connectivity index (χ0) is 17.8. The number of non-ortho nitro benzene ring substituents is 1. The molecule has 1 amide bonds. The van der Waals surface area contributed by atoms with Crippen molar-refractivity contribution in [3.63, 3.8) is 0 Å². The Morgan fingerprint density at radius 3 is 2.96 bits per heavy atom. The zero-order valence-corrected chi connectivity index (χ0v) is 13.5. The number of amides is 1. The van der Waals surface area contributed by atoms with Crippen LogP contribution in [0.5, 0.6) is 0 Å². The third-order valence-electron chi connectivity index (χ3n) is 4.24. The molecule has 1 heterocycles. The Kier molecular flexibility index (Phi) is 5.04. The second kappa shape index (κ2) is 7.40. The lowest BCUT2D eigenvalue weighted by Crippen LogP contribution is -2.25. The first-order valence-corrected chi connectivity index (χ1v) is 8.09. The van der Waals surface area contributed by atoms with Crippen molar-refractivity contribution < 1.29 is 14.1 Å². The summed E-state index contributed by atoms with van der Waals surface area (Å²) >= 11 is 0. The predicted molar refractivity (Wildman–Crippen MR) is 91.9 cm³/mol.